The van der Waals surface area contributed by atoms with Gasteiger partial charge in [-0.2, -0.15) is 5.26 Å². The summed E-state index contributed by atoms with van der Waals surface area (Å²) in [5.41, 5.74) is 0.349. The van der Waals surface area contributed by atoms with E-state index in [4.69, 9.17) is 22.0 Å². The van der Waals surface area contributed by atoms with Crippen molar-refractivity contribution in [1.29, 1.82) is 5.26 Å². The number of aliphatic hydroxyl groups is 1. The molecule has 98 valence electrons. The Labute approximate surface area is 113 Å². The quantitative estimate of drug-likeness (QED) is 0.880. The highest BCUT2D eigenvalue weighted by molar-refractivity contribution is 6.34. The van der Waals surface area contributed by atoms with Gasteiger partial charge in [-0.1, -0.05) is 32.4 Å². The van der Waals surface area contributed by atoms with Gasteiger partial charge in [-0.05, 0) is 17.9 Å². The van der Waals surface area contributed by atoms with Gasteiger partial charge >= 0.3 is 0 Å². The maximum Gasteiger partial charge on any atom is 0.146 e. The number of rotatable bonds is 4. The molecule has 0 aliphatic heterocycles. The van der Waals surface area contributed by atoms with E-state index in [2.05, 4.69) is 31.1 Å². The lowest BCUT2D eigenvalue weighted by atomic mass is 9.85. The number of nitriles is 1. The molecule has 18 heavy (non-hydrogen) atoms. The zero-order valence-corrected chi connectivity index (χ0v) is 11.6. The number of aliphatic hydroxyl groups excluding tert-OH is 1. The first-order chi connectivity index (χ1) is 8.40. The summed E-state index contributed by atoms with van der Waals surface area (Å²) in [5, 5.41) is 21.5. The van der Waals surface area contributed by atoms with E-state index >= 15 is 0 Å². The maximum absolute atomic E-state index is 9.10. The first kappa shape index (κ1) is 14.7. The minimum atomic E-state index is -0.0453. The second kappa shape index (κ2) is 6.03. The lowest BCUT2D eigenvalue weighted by Gasteiger charge is -2.31. The Morgan fingerprint density at radius 2 is 2.22 bits per heavy atom. The van der Waals surface area contributed by atoms with E-state index in [1.54, 1.807) is 12.3 Å². The number of nitrogens with one attached hydrogen (secondary N) is 1. The van der Waals surface area contributed by atoms with E-state index in [0.29, 0.717) is 22.8 Å². The lowest BCUT2D eigenvalue weighted by Crippen LogP contribution is -2.35. The van der Waals surface area contributed by atoms with Crippen molar-refractivity contribution in [1.82, 2.24) is 4.98 Å². The van der Waals surface area contributed by atoms with Crippen molar-refractivity contribution in [2.45, 2.75) is 33.2 Å². The van der Waals surface area contributed by atoms with Crippen molar-refractivity contribution in [2.24, 2.45) is 5.41 Å². The maximum atomic E-state index is 9.10. The van der Waals surface area contributed by atoms with E-state index in [1.807, 2.05) is 6.07 Å². The van der Waals surface area contributed by atoms with E-state index in [0.717, 1.165) is 0 Å². The molecule has 1 unspecified atom stereocenters. The molecule has 0 saturated heterocycles. The first-order valence-electron chi connectivity index (χ1n) is 5.82. The third-order valence-corrected chi connectivity index (χ3v) is 3.17. The average molecular weight is 268 g/mol. The number of hydrogen-bond acceptors (Lipinski definition) is 4. The van der Waals surface area contributed by atoms with Crippen molar-refractivity contribution in [3.05, 3.63) is 22.8 Å². The molecule has 0 fully saturated rings. The highest BCUT2D eigenvalue weighted by atomic mass is 35.5. The summed E-state index contributed by atoms with van der Waals surface area (Å²) in [5.74, 6) is 0.490. The van der Waals surface area contributed by atoms with Crippen LogP contribution in [-0.4, -0.2) is 22.7 Å². The molecule has 4 nitrogen and oxygen atoms in total. The summed E-state index contributed by atoms with van der Waals surface area (Å²) in [4.78, 5) is 4.15. The molecule has 0 saturated carbocycles. The molecule has 1 aromatic rings. The predicted molar refractivity (Wildman–Crippen MR) is 72.5 cm³/mol. The van der Waals surface area contributed by atoms with Crippen LogP contribution in [0.1, 0.15) is 32.8 Å². The number of halogens is 1. The molecular weight excluding hydrogens is 250 g/mol. The Morgan fingerprint density at radius 1 is 1.56 bits per heavy atom. The second-order valence-electron chi connectivity index (χ2n) is 5.21. The highest BCUT2D eigenvalue weighted by Crippen LogP contribution is 2.29. The van der Waals surface area contributed by atoms with Crippen LogP contribution in [-0.2, 0) is 0 Å². The SMILES string of the molecule is CC(C)(C)C(CCO)Nc1nccc(C#N)c1Cl. The minimum absolute atomic E-state index is 0.0291. The Morgan fingerprint density at radius 3 is 2.72 bits per heavy atom. The van der Waals surface area contributed by atoms with Gasteiger partial charge in [-0.3, -0.25) is 0 Å². The van der Waals surface area contributed by atoms with Crippen LogP contribution in [0, 0.1) is 16.7 Å². The molecule has 1 atom stereocenters. The van der Waals surface area contributed by atoms with Crippen LogP contribution >= 0.6 is 11.6 Å². The van der Waals surface area contributed by atoms with Gasteiger partial charge in [0.05, 0.1) is 5.56 Å². The van der Waals surface area contributed by atoms with Crippen LogP contribution in [0.15, 0.2) is 12.3 Å². The van der Waals surface area contributed by atoms with Crippen molar-refractivity contribution < 1.29 is 5.11 Å². The fourth-order valence-electron chi connectivity index (χ4n) is 1.65. The van der Waals surface area contributed by atoms with Crippen LogP contribution < -0.4 is 5.32 Å². The first-order valence-corrected chi connectivity index (χ1v) is 6.20. The van der Waals surface area contributed by atoms with Crippen LogP contribution in [0.2, 0.25) is 5.02 Å². The van der Waals surface area contributed by atoms with E-state index in [1.165, 1.54) is 0 Å². The third kappa shape index (κ3) is 3.59. The van der Waals surface area contributed by atoms with Crippen molar-refractivity contribution in [2.75, 3.05) is 11.9 Å². The Balaban J connectivity index is 2.98. The van der Waals surface area contributed by atoms with Crippen LogP contribution in [0.5, 0.6) is 0 Å². The molecule has 5 heteroatoms. The summed E-state index contributed by atoms with van der Waals surface area (Å²) in [7, 11) is 0. The van der Waals surface area contributed by atoms with Crippen molar-refractivity contribution in [3.8, 4) is 6.07 Å². The van der Waals surface area contributed by atoms with Crippen LogP contribution in [0.25, 0.3) is 0 Å². The molecule has 2 N–H and O–H groups in total. The smallest absolute Gasteiger partial charge is 0.146 e. The Bertz CT molecular complexity index is 449. The van der Waals surface area contributed by atoms with E-state index in [9.17, 15) is 0 Å². The van der Waals surface area contributed by atoms with Crippen LogP contribution in [0.4, 0.5) is 5.82 Å². The highest BCUT2D eigenvalue weighted by Gasteiger charge is 2.25. The normalized spacial score (nSPS) is 12.9. The summed E-state index contributed by atoms with van der Waals surface area (Å²) >= 11 is 6.09. The summed E-state index contributed by atoms with van der Waals surface area (Å²) in [6, 6.07) is 3.62. The Hall–Kier alpha value is -1.31. The molecule has 0 aliphatic rings. The van der Waals surface area contributed by atoms with E-state index < -0.39 is 0 Å². The fraction of sp³-hybridized carbons (Fsp3) is 0.538. The molecular formula is C13H18ClN3O. The predicted octanol–water partition coefficient (Wildman–Crippen LogP) is 2.82. The topological polar surface area (TPSA) is 68.9 Å². The molecule has 0 radical (unpaired) electrons. The summed E-state index contributed by atoms with van der Waals surface area (Å²) in [6.45, 7) is 6.30. The van der Waals surface area contributed by atoms with Gasteiger partial charge < -0.3 is 10.4 Å². The van der Waals surface area contributed by atoms with Crippen molar-refractivity contribution in [3.63, 3.8) is 0 Å². The second-order valence-corrected chi connectivity index (χ2v) is 5.59. The average Bonchev–Trinajstić information content (AvgIpc) is 2.29. The van der Waals surface area contributed by atoms with Gasteiger partial charge in [0.15, 0.2) is 0 Å². The number of nitrogens with zero attached hydrogens (tertiary/aromatic N) is 2. The van der Waals surface area contributed by atoms with Gasteiger partial charge in [0.25, 0.3) is 0 Å². The minimum Gasteiger partial charge on any atom is -0.396 e. The van der Waals surface area contributed by atoms with Gasteiger partial charge in [0.2, 0.25) is 0 Å². The third-order valence-electron chi connectivity index (χ3n) is 2.78. The molecule has 1 aromatic heterocycles. The monoisotopic (exact) mass is 267 g/mol. The molecule has 0 bridgehead atoms. The lowest BCUT2D eigenvalue weighted by molar-refractivity contribution is 0.235. The molecule has 0 amide bonds. The largest absolute Gasteiger partial charge is 0.396 e. The standard InChI is InChI=1S/C13H18ClN3O/c1-13(2,3)10(5-7-18)17-12-11(14)9(8-15)4-6-16-12/h4,6,10,18H,5,7H2,1-3H3,(H,16,17). The number of pyridine rings is 1. The van der Waals surface area contributed by atoms with E-state index in [-0.39, 0.29) is 18.1 Å². The van der Waals surface area contributed by atoms with Crippen molar-refractivity contribution >= 4 is 17.4 Å². The molecule has 0 aromatic carbocycles. The number of aromatic nitrogens is 1. The summed E-state index contributed by atoms with van der Waals surface area (Å²) in [6.07, 6.45) is 2.14. The molecule has 1 heterocycles. The Kier molecular flexibility index (Phi) is 4.94. The van der Waals surface area contributed by atoms with Gasteiger partial charge in [-0.25, -0.2) is 4.98 Å². The number of anilines is 1. The molecule has 0 aliphatic carbocycles. The molecule has 1 rings (SSSR count). The molecule has 0 spiro atoms. The zero-order chi connectivity index (χ0) is 13.8. The van der Waals surface area contributed by atoms with Gasteiger partial charge in [0.1, 0.15) is 16.9 Å². The number of hydrogen-bond donors (Lipinski definition) is 2. The van der Waals surface area contributed by atoms with Gasteiger partial charge in [0, 0.05) is 18.8 Å². The summed E-state index contributed by atoms with van der Waals surface area (Å²) < 4.78 is 0. The zero-order valence-electron chi connectivity index (χ0n) is 10.9. The fourth-order valence-corrected chi connectivity index (χ4v) is 1.86. The van der Waals surface area contributed by atoms with Gasteiger partial charge in [-0.15, -0.1) is 0 Å². The van der Waals surface area contributed by atoms with Crippen LogP contribution in [0.3, 0.4) is 0 Å².